The highest BCUT2D eigenvalue weighted by Crippen LogP contribution is 2.21. The van der Waals surface area contributed by atoms with Crippen molar-refractivity contribution in [2.75, 3.05) is 0 Å². The van der Waals surface area contributed by atoms with Gasteiger partial charge in [-0.2, -0.15) is 5.10 Å². The highest BCUT2D eigenvalue weighted by molar-refractivity contribution is 9.11. The van der Waals surface area contributed by atoms with Crippen molar-refractivity contribution in [2.45, 2.75) is 6.54 Å². The number of nitrogens with one attached hydrogen (secondary N) is 1. The normalized spacial score (nSPS) is 10.4. The van der Waals surface area contributed by atoms with Crippen LogP contribution in [0.5, 0.6) is 0 Å². The molecule has 0 atom stereocenters. The van der Waals surface area contributed by atoms with E-state index < -0.39 is 0 Å². The van der Waals surface area contributed by atoms with Crippen molar-refractivity contribution in [3.8, 4) is 0 Å². The van der Waals surface area contributed by atoms with Crippen LogP contribution in [0.4, 0.5) is 0 Å². The Morgan fingerprint density at radius 1 is 1.56 bits per heavy atom. The molecule has 0 aliphatic carbocycles. The zero-order valence-corrected chi connectivity index (χ0v) is 11.0. The Bertz CT molecular complexity index is 506. The van der Waals surface area contributed by atoms with E-state index in [4.69, 9.17) is 0 Å². The first-order valence-electron chi connectivity index (χ1n) is 4.67. The highest BCUT2D eigenvalue weighted by atomic mass is 79.9. The van der Waals surface area contributed by atoms with Gasteiger partial charge in [0.05, 0.1) is 10.3 Å². The number of hydrogen-bond acceptors (Lipinski definition) is 3. The van der Waals surface area contributed by atoms with Crippen molar-refractivity contribution < 1.29 is 4.79 Å². The van der Waals surface area contributed by atoms with Gasteiger partial charge in [-0.15, -0.1) is 11.3 Å². The van der Waals surface area contributed by atoms with Gasteiger partial charge in [-0.25, -0.2) is 0 Å². The van der Waals surface area contributed by atoms with E-state index in [1.807, 2.05) is 12.1 Å². The topological polar surface area (TPSA) is 46.9 Å². The van der Waals surface area contributed by atoms with Gasteiger partial charge in [0.1, 0.15) is 5.69 Å². The molecule has 6 heteroatoms. The fourth-order valence-electron chi connectivity index (χ4n) is 1.30. The second-order valence-electron chi connectivity index (χ2n) is 3.23. The minimum absolute atomic E-state index is 0.107. The van der Waals surface area contributed by atoms with Crippen LogP contribution in [-0.4, -0.2) is 15.7 Å². The first-order chi connectivity index (χ1) is 7.66. The Morgan fingerprint density at radius 3 is 2.94 bits per heavy atom. The molecule has 0 aromatic carbocycles. The number of aryl methyl sites for hydroxylation is 1. The molecular formula is C10H10BrN3OS. The van der Waals surface area contributed by atoms with Gasteiger partial charge >= 0.3 is 0 Å². The van der Waals surface area contributed by atoms with Crippen LogP contribution < -0.4 is 5.32 Å². The summed E-state index contributed by atoms with van der Waals surface area (Å²) in [5.74, 6) is -0.107. The predicted octanol–water partition coefficient (Wildman–Crippen LogP) is 2.17. The first kappa shape index (κ1) is 11.3. The maximum absolute atomic E-state index is 11.7. The van der Waals surface area contributed by atoms with Crippen LogP contribution in [0.2, 0.25) is 0 Å². The quantitative estimate of drug-likeness (QED) is 0.944. The number of nitrogens with zero attached hydrogens (tertiary/aromatic N) is 2. The third-order valence-electron chi connectivity index (χ3n) is 2.11. The van der Waals surface area contributed by atoms with E-state index >= 15 is 0 Å². The molecule has 2 rings (SSSR count). The Hall–Kier alpha value is -1.14. The molecule has 0 aliphatic heterocycles. The minimum atomic E-state index is -0.107. The lowest BCUT2D eigenvalue weighted by Crippen LogP contribution is -2.24. The van der Waals surface area contributed by atoms with E-state index in [-0.39, 0.29) is 5.91 Å². The van der Waals surface area contributed by atoms with Crippen LogP contribution in [0.3, 0.4) is 0 Å². The maximum atomic E-state index is 11.7. The number of halogens is 1. The Balaban J connectivity index is 1.96. The molecule has 2 heterocycles. The molecule has 84 valence electrons. The summed E-state index contributed by atoms with van der Waals surface area (Å²) in [5, 5.41) is 6.79. The van der Waals surface area contributed by atoms with Crippen molar-refractivity contribution >= 4 is 33.2 Å². The smallest absolute Gasteiger partial charge is 0.269 e. The van der Waals surface area contributed by atoms with Gasteiger partial charge < -0.3 is 5.32 Å². The third-order valence-corrected chi connectivity index (χ3v) is 3.73. The second kappa shape index (κ2) is 4.80. The number of carbonyl (C=O) groups excluding carboxylic acids is 1. The molecule has 2 aromatic heterocycles. The summed E-state index contributed by atoms with van der Waals surface area (Å²) in [6.07, 6.45) is 1.61. The molecule has 0 saturated carbocycles. The third kappa shape index (κ3) is 2.51. The molecule has 0 spiro atoms. The Kier molecular flexibility index (Phi) is 3.40. The number of hydrogen-bond donors (Lipinski definition) is 1. The highest BCUT2D eigenvalue weighted by Gasteiger charge is 2.09. The molecule has 0 radical (unpaired) electrons. The van der Waals surface area contributed by atoms with Gasteiger partial charge in [0, 0.05) is 18.1 Å². The summed E-state index contributed by atoms with van der Waals surface area (Å²) in [6.45, 7) is 0.542. The molecule has 1 N–H and O–H groups in total. The number of aromatic nitrogens is 2. The van der Waals surface area contributed by atoms with Gasteiger partial charge in [0.25, 0.3) is 5.91 Å². The number of thiophene rings is 1. The fourth-order valence-corrected chi connectivity index (χ4v) is 2.72. The van der Waals surface area contributed by atoms with Crippen molar-refractivity contribution in [1.29, 1.82) is 0 Å². The predicted molar refractivity (Wildman–Crippen MR) is 66.4 cm³/mol. The lowest BCUT2D eigenvalue weighted by atomic mass is 10.4. The van der Waals surface area contributed by atoms with E-state index in [0.717, 1.165) is 8.66 Å². The second-order valence-corrected chi connectivity index (χ2v) is 5.78. The van der Waals surface area contributed by atoms with Gasteiger partial charge in [-0.05, 0) is 34.1 Å². The van der Waals surface area contributed by atoms with Crippen molar-refractivity contribution in [1.82, 2.24) is 15.1 Å². The summed E-state index contributed by atoms with van der Waals surface area (Å²) in [6, 6.07) is 5.65. The largest absolute Gasteiger partial charge is 0.346 e. The molecule has 2 aromatic rings. The molecule has 16 heavy (non-hydrogen) atoms. The van der Waals surface area contributed by atoms with Gasteiger partial charge in [-0.3, -0.25) is 9.48 Å². The summed E-state index contributed by atoms with van der Waals surface area (Å²) in [4.78, 5) is 12.8. The van der Waals surface area contributed by atoms with E-state index in [9.17, 15) is 4.79 Å². The summed E-state index contributed by atoms with van der Waals surface area (Å²) >= 11 is 4.99. The van der Waals surface area contributed by atoms with Gasteiger partial charge in [-0.1, -0.05) is 0 Å². The Morgan fingerprint density at radius 2 is 2.38 bits per heavy atom. The molecular weight excluding hydrogens is 290 g/mol. The van der Waals surface area contributed by atoms with Crippen molar-refractivity contribution in [3.63, 3.8) is 0 Å². The molecule has 0 bridgehead atoms. The number of carbonyl (C=O) groups is 1. The van der Waals surface area contributed by atoms with E-state index in [1.54, 1.807) is 35.3 Å². The average Bonchev–Trinajstić information content (AvgIpc) is 2.84. The minimum Gasteiger partial charge on any atom is -0.346 e. The molecule has 1 amide bonds. The lowest BCUT2D eigenvalue weighted by molar-refractivity contribution is 0.0942. The van der Waals surface area contributed by atoms with Crippen LogP contribution in [-0.2, 0) is 13.6 Å². The number of amides is 1. The summed E-state index contributed by atoms with van der Waals surface area (Å²) in [7, 11) is 1.75. The van der Waals surface area contributed by atoms with Crippen molar-refractivity contribution in [2.24, 2.45) is 7.05 Å². The lowest BCUT2D eigenvalue weighted by Gasteiger charge is -2.03. The van der Waals surface area contributed by atoms with E-state index in [1.165, 1.54) is 0 Å². The van der Waals surface area contributed by atoms with Crippen LogP contribution in [0.15, 0.2) is 28.2 Å². The standard InChI is InChI=1S/C10H10BrN3OS/c1-14-8(4-5-13-14)10(15)12-6-7-2-3-9(11)16-7/h2-5H,6H2,1H3,(H,12,15). The monoisotopic (exact) mass is 299 g/mol. The van der Waals surface area contributed by atoms with Gasteiger partial charge in [0.2, 0.25) is 0 Å². The summed E-state index contributed by atoms with van der Waals surface area (Å²) in [5.41, 5.74) is 0.565. The number of rotatable bonds is 3. The van der Waals surface area contributed by atoms with Gasteiger partial charge in [0.15, 0.2) is 0 Å². The van der Waals surface area contributed by atoms with Crippen LogP contribution in [0, 0.1) is 0 Å². The maximum Gasteiger partial charge on any atom is 0.269 e. The van der Waals surface area contributed by atoms with Crippen LogP contribution in [0.25, 0.3) is 0 Å². The first-order valence-corrected chi connectivity index (χ1v) is 6.28. The Labute approximate surface area is 105 Å². The average molecular weight is 300 g/mol. The summed E-state index contributed by atoms with van der Waals surface area (Å²) < 4.78 is 2.62. The van der Waals surface area contributed by atoms with Crippen LogP contribution in [0.1, 0.15) is 15.4 Å². The molecule has 0 unspecified atom stereocenters. The zero-order valence-electron chi connectivity index (χ0n) is 8.61. The SMILES string of the molecule is Cn1nccc1C(=O)NCc1ccc(Br)s1. The van der Waals surface area contributed by atoms with E-state index in [2.05, 4.69) is 26.3 Å². The molecule has 0 saturated heterocycles. The van der Waals surface area contributed by atoms with Crippen molar-refractivity contribution in [3.05, 3.63) is 38.8 Å². The molecule has 0 aliphatic rings. The molecule has 0 fully saturated rings. The van der Waals surface area contributed by atoms with Crippen LogP contribution >= 0.6 is 27.3 Å². The fraction of sp³-hybridized carbons (Fsp3) is 0.200. The zero-order chi connectivity index (χ0) is 11.5. The van der Waals surface area contributed by atoms with E-state index in [0.29, 0.717) is 12.2 Å². The molecule has 4 nitrogen and oxygen atoms in total.